The molecule has 2 aromatic heterocycles. The quantitative estimate of drug-likeness (QED) is 0.606. The number of anilines is 1. The van der Waals surface area contributed by atoms with E-state index < -0.39 is 17.7 Å². The first-order valence-corrected chi connectivity index (χ1v) is 10.6. The van der Waals surface area contributed by atoms with Gasteiger partial charge < -0.3 is 10.2 Å². The van der Waals surface area contributed by atoms with Gasteiger partial charge in [-0.25, -0.2) is 0 Å². The molecule has 0 bridgehead atoms. The molecule has 0 spiro atoms. The number of rotatable bonds is 5. The third-order valence-corrected chi connectivity index (χ3v) is 5.81. The summed E-state index contributed by atoms with van der Waals surface area (Å²) < 4.78 is 40.1. The number of hydrogen-bond donors (Lipinski definition) is 1. The number of carbonyl (C=O) groups excluding carboxylic acids is 2. The highest BCUT2D eigenvalue weighted by Gasteiger charge is 2.35. The summed E-state index contributed by atoms with van der Waals surface area (Å²) in [5.74, 6) is -0.902. The van der Waals surface area contributed by atoms with Crippen molar-refractivity contribution in [1.82, 2.24) is 19.9 Å². The van der Waals surface area contributed by atoms with Crippen LogP contribution in [0.15, 0.2) is 47.5 Å². The van der Waals surface area contributed by atoms with Crippen LogP contribution in [-0.2, 0) is 22.3 Å². The Morgan fingerprint density at radius 2 is 2.06 bits per heavy atom. The molecule has 2 amide bonds. The Hall–Kier alpha value is -3.08. The summed E-state index contributed by atoms with van der Waals surface area (Å²) in [7, 11) is 0. The smallest absolute Gasteiger partial charge is 0.348 e. The van der Waals surface area contributed by atoms with Gasteiger partial charge in [0.1, 0.15) is 0 Å². The number of amides is 2. The van der Waals surface area contributed by atoms with Gasteiger partial charge in [0.2, 0.25) is 11.8 Å². The molecule has 31 heavy (non-hydrogen) atoms. The predicted octanol–water partition coefficient (Wildman–Crippen LogP) is 3.14. The third kappa shape index (κ3) is 4.36. The molecule has 1 fully saturated rings. The van der Waals surface area contributed by atoms with Gasteiger partial charge in [-0.15, -0.1) is 22.0 Å². The van der Waals surface area contributed by atoms with Crippen LogP contribution >= 0.6 is 11.8 Å². The van der Waals surface area contributed by atoms with Gasteiger partial charge >= 0.3 is 6.18 Å². The number of nitrogens with one attached hydrogen (secondary N) is 1. The van der Waals surface area contributed by atoms with Crippen LogP contribution in [0.25, 0.3) is 5.65 Å². The van der Waals surface area contributed by atoms with E-state index in [-0.39, 0.29) is 42.8 Å². The zero-order valence-corrected chi connectivity index (χ0v) is 17.2. The van der Waals surface area contributed by atoms with Crippen LogP contribution in [0.4, 0.5) is 18.9 Å². The minimum atomic E-state index is -4.50. The molecule has 0 radical (unpaired) electrons. The van der Waals surface area contributed by atoms with Gasteiger partial charge in [0.05, 0.1) is 18.0 Å². The van der Waals surface area contributed by atoms with Crippen molar-refractivity contribution in [3.8, 4) is 0 Å². The number of aromatic nitrogens is 3. The van der Waals surface area contributed by atoms with E-state index in [9.17, 15) is 22.8 Å². The minimum Gasteiger partial charge on any atom is -0.348 e. The second-order valence-electron chi connectivity index (χ2n) is 7.08. The molecule has 1 aromatic carbocycles. The lowest BCUT2D eigenvalue weighted by Crippen LogP contribution is -2.33. The van der Waals surface area contributed by atoms with Crippen LogP contribution in [0.2, 0.25) is 0 Å². The van der Waals surface area contributed by atoms with E-state index in [1.54, 1.807) is 16.7 Å². The van der Waals surface area contributed by atoms with Crippen molar-refractivity contribution in [2.24, 2.45) is 5.92 Å². The number of carbonyl (C=O) groups is 2. The second-order valence-corrected chi connectivity index (χ2v) is 7.96. The average molecular weight is 449 g/mol. The first-order valence-electron chi connectivity index (χ1n) is 9.39. The Bertz CT molecular complexity index is 1150. The van der Waals surface area contributed by atoms with E-state index >= 15 is 0 Å². The largest absolute Gasteiger partial charge is 0.417 e. The fraction of sp³-hybridized carbons (Fsp3) is 0.300. The molecule has 3 heterocycles. The number of alkyl halides is 3. The van der Waals surface area contributed by atoms with E-state index in [2.05, 4.69) is 15.5 Å². The molecule has 1 aliphatic rings. The number of pyridine rings is 1. The molecule has 162 valence electrons. The van der Waals surface area contributed by atoms with Crippen molar-refractivity contribution in [2.75, 3.05) is 17.7 Å². The van der Waals surface area contributed by atoms with Crippen molar-refractivity contribution in [1.29, 1.82) is 0 Å². The normalized spacial score (nSPS) is 16.8. The van der Waals surface area contributed by atoms with E-state index in [1.165, 1.54) is 10.5 Å². The van der Waals surface area contributed by atoms with Gasteiger partial charge in [0.25, 0.3) is 0 Å². The lowest BCUT2D eigenvalue weighted by atomic mass is 10.1. The van der Waals surface area contributed by atoms with Gasteiger partial charge in [-0.05, 0) is 36.6 Å². The van der Waals surface area contributed by atoms with Crippen molar-refractivity contribution in [2.45, 2.75) is 24.0 Å². The standard InChI is InChI=1S/C20H18F3N5O2S/c1-31-15-4-2-3-14(8-15)27-10-12(7-18(27)29)19(30)24-9-17-26-25-16-6-5-13(11-28(16)17)20(21,22)23/h2-6,8,11-12H,7,9-10H2,1H3,(H,24,30). The maximum atomic E-state index is 13.0. The highest BCUT2D eigenvalue weighted by molar-refractivity contribution is 7.98. The Morgan fingerprint density at radius 1 is 1.26 bits per heavy atom. The highest BCUT2D eigenvalue weighted by atomic mass is 32.2. The Morgan fingerprint density at radius 3 is 2.81 bits per heavy atom. The van der Waals surface area contributed by atoms with Crippen LogP contribution < -0.4 is 10.2 Å². The summed E-state index contributed by atoms with van der Waals surface area (Å²) in [6.45, 7) is 0.134. The van der Waals surface area contributed by atoms with E-state index in [0.717, 1.165) is 22.8 Å². The van der Waals surface area contributed by atoms with Crippen LogP contribution in [0, 0.1) is 5.92 Å². The molecule has 11 heteroatoms. The summed E-state index contributed by atoms with van der Waals surface area (Å²) in [6, 6.07) is 9.65. The molecule has 7 nitrogen and oxygen atoms in total. The number of thioether (sulfide) groups is 1. The molecule has 1 atom stereocenters. The molecular weight excluding hydrogens is 431 g/mol. The van der Waals surface area contributed by atoms with Crippen LogP contribution in [-0.4, -0.2) is 39.2 Å². The molecule has 4 rings (SSSR count). The number of halogens is 3. The summed E-state index contributed by atoms with van der Waals surface area (Å²) in [4.78, 5) is 27.6. The van der Waals surface area contributed by atoms with E-state index in [4.69, 9.17) is 0 Å². The molecule has 1 N–H and O–H groups in total. The minimum absolute atomic E-state index is 0.0636. The molecule has 0 aliphatic carbocycles. The third-order valence-electron chi connectivity index (χ3n) is 5.08. The number of hydrogen-bond acceptors (Lipinski definition) is 5. The molecule has 1 unspecified atom stereocenters. The zero-order chi connectivity index (χ0) is 22.2. The van der Waals surface area contributed by atoms with Crippen LogP contribution in [0.5, 0.6) is 0 Å². The summed E-state index contributed by atoms with van der Waals surface area (Å²) in [5.41, 5.74) is 0.139. The van der Waals surface area contributed by atoms with Gasteiger partial charge in [-0.2, -0.15) is 13.2 Å². The van der Waals surface area contributed by atoms with Crippen LogP contribution in [0.1, 0.15) is 17.8 Å². The summed E-state index contributed by atoms with van der Waals surface area (Å²) >= 11 is 1.56. The van der Waals surface area contributed by atoms with Gasteiger partial charge in [-0.1, -0.05) is 6.07 Å². The topological polar surface area (TPSA) is 79.6 Å². The number of benzene rings is 1. The lowest BCUT2D eigenvalue weighted by molar-refractivity contribution is -0.138. The Kier molecular flexibility index (Phi) is 5.61. The Balaban J connectivity index is 1.44. The number of fused-ring (bicyclic) bond motifs is 1. The highest BCUT2D eigenvalue weighted by Crippen LogP contribution is 2.30. The average Bonchev–Trinajstić information content (AvgIpc) is 3.34. The summed E-state index contributed by atoms with van der Waals surface area (Å²) in [6.07, 6.45) is -1.60. The van der Waals surface area contributed by atoms with Crippen molar-refractivity contribution < 1.29 is 22.8 Å². The zero-order valence-electron chi connectivity index (χ0n) is 16.4. The molecule has 1 saturated heterocycles. The summed E-state index contributed by atoms with van der Waals surface area (Å²) in [5, 5.41) is 10.4. The fourth-order valence-corrected chi connectivity index (χ4v) is 3.90. The van der Waals surface area contributed by atoms with E-state index in [1.807, 2.05) is 30.5 Å². The predicted molar refractivity (Wildman–Crippen MR) is 109 cm³/mol. The SMILES string of the molecule is CSc1cccc(N2CC(C(=O)NCc3nnc4ccc(C(F)(F)F)cn34)CC2=O)c1. The van der Waals surface area contributed by atoms with Crippen molar-refractivity contribution in [3.63, 3.8) is 0 Å². The molecule has 3 aromatic rings. The van der Waals surface area contributed by atoms with Gasteiger partial charge in [0.15, 0.2) is 11.5 Å². The van der Waals surface area contributed by atoms with E-state index in [0.29, 0.717) is 0 Å². The Labute approximate surface area is 179 Å². The van der Waals surface area contributed by atoms with Gasteiger partial charge in [0, 0.05) is 29.7 Å². The monoisotopic (exact) mass is 449 g/mol. The molecule has 0 saturated carbocycles. The van der Waals surface area contributed by atoms with Gasteiger partial charge in [-0.3, -0.25) is 14.0 Å². The van der Waals surface area contributed by atoms with Crippen molar-refractivity contribution >= 4 is 34.9 Å². The van der Waals surface area contributed by atoms with Crippen LogP contribution in [0.3, 0.4) is 0 Å². The molecular formula is C20H18F3N5O2S. The molecule has 1 aliphatic heterocycles. The fourth-order valence-electron chi connectivity index (χ4n) is 3.45. The maximum Gasteiger partial charge on any atom is 0.417 e. The number of nitrogens with zero attached hydrogens (tertiary/aromatic N) is 4. The van der Waals surface area contributed by atoms with Crippen molar-refractivity contribution in [3.05, 3.63) is 54.0 Å². The first kappa shape index (κ1) is 21.2. The first-order chi connectivity index (χ1) is 14.8. The second kappa shape index (κ2) is 8.22. The maximum absolute atomic E-state index is 13.0. The lowest BCUT2D eigenvalue weighted by Gasteiger charge is -2.17.